The maximum absolute atomic E-state index is 9.30. The molecular formula is C12H19NO2S. The van der Waals surface area contributed by atoms with E-state index in [9.17, 15) is 5.11 Å². The maximum Gasteiger partial charge on any atom is 0.0931 e. The third-order valence-corrected chi connectivity index (χ3v) is 3.86. The first-order chi connectivity index (χ1) is 7.74. The summed E-state index contributed by atoms with van der Waals surface area (Å²) in [4.78, 5) is 5.60. The highest BCUT2D eigenvalue weighted by Gasteiger charge is 2.16. The fourth-order valence-corrected chi connectivity index (χ4v) is 3.20. The zero-order valence-corrected chi connectivity index (χ0v) is 10.5. The first-order valence-corrected chi connectivity index (χ1v) is 6.75. The van der Waals surface area contributed by atoms with Gasteiger partial charge in [-0.2, -0.15) is 0 Å². The molecule has 2 rings (SSSR count). The van der Waals surface area contributed by atoms with E-state index in [-0.39, 0.29) is 6.10 Å². The van der Waals surface area contributed by atoms with Crippen LogP contribution in [0, 0.1) is 5.92 Å². The Labute approximate surface area is 100 Å². The lowest BCUT2D eigenvalue weighted by atomic mass is 9.99. The summed E-state index contributed by atoms with van der Waals surface area (Å²) in [6.07, 6.45) is 5.81. The fourth-order valence-electron chi connectivity index (χ4n) is 2.04. The Morgan fingerprint density at radius 3 is 3.25 bits per heavy atom. The van der Waals surface area contributed by atoms with Gasteiger partial charge < -0.3 is 9.84 Å². The Bertz CT molecular complexity index is 319. The van der Waals surface area contributed by atoms with E-state index in [0.29, 0.717) is 5.92 Å². The van der Waals surface area contributed by atoms with Crippen LogP contribution in [0.15, 0.2) is 6.20 Å². The van der Waals surface area contributed by atoms with Crippen molar-refractivity contribution in [3.63, 3.8) is 0 Å². The van der Waals surface area contributed by atoms with Gasteiger partial charge in [-0.05, 0) is 25.7 Å². The van der Waals surface area contributed by atoms with E-state index in [1.165, 1.54) is 22.7 Å². The monoisotopic (exact) mass is 241 g/mol. The van der Waals surface area contributed by atoms with E-state index in [1.807, 2.05) is 13.1 Å². The van der Waals surface area contributed by atoms with Crippen molar-refractivity contribution >= 4 is 11.3 Å². The number of aliphatic hydroxyl groups excluding tert-OH is 1. The zero-order valence-electron chi connectivity index (χ0n) is 9.69. The van der Waals surface area contributed by atoms with Gasteiger partial charge >= 0.3 is 0 Å². The molecule has 1 aromatic heterocycles. The molecule has 2 atom stereocenters. The van der Waals surface area contributed by atoms with Gasteiger partial charge in [0.15, 0.2) is 0 Å². The molecule has 0 bridgehead atoms. The molecule has 2 unspecified atom stereocenters. The predicted octanol–water partition coefficient (Wildman–Crippen LogP) is 2.04. The highest BCUT2D eigenvalue weighted by atomic mass is 32.1. The Morgan fingerprint density at radius 2 is 2.56 bits per heavy atom. The van der Waals surface area contributed by atoms with Crippen LogP contribution in [-0.4, -0.2) is 29.4 Å². The summed E-state index contributed by atoms with van der Waals surface area (Å²) in [5.41, 5.74) is 0. The van der Waals surface area contributed by atoms with Crippen LogP contribution >= 0.6 is 11.3 Å². The van der Waals surface area contributed by atoms with Crippen LogP contribution in [0.2, 0.25) is 0 Å². The van der Waals surface area contributed by atoms with Crippen LogP contribution in [0.25, 0.3) is 0 Å². The molecule has 1 fully saturated rings. The summed E-state index contributed by atoms with van der Waals surface area (Å²) < 4.78 is 5.46. The SMILES string of the molecule is CC(O)Cc1cnc(CC2CCCOC2)s1. The van der Waals surface area contributed by atoms with E-state index >= 15 is 0 Å². The van der Waals surface area contributed by atoms with Gasteiger partial charge in [0, 0.05) is 37.1 Å². The van der Waals surface area contributed by atoms with Crippen molar-refractivity contribution < 1.29 is 9.84 Å². The Hall–Kier alpha value is -0.450. The molecule has 0 spiro atoms. The Morgan fingerprint density at radius 1 is 1.69 bits per heavy atom. The van der Waals surface area contributed by atoms with Crippen LogP contribution in [0.1, 0.15) is 29.7 Å². The number of thiazole rings is 1. The molecule has 1 aliphatic heterocycles. The molecule has 4 heteroatoms. The lowest BCUT2D eigenvalue weighted by Crippen LogP contribution is -2.19. The average molecular weight is 241 g/mol. The average Bonchev–Trinajstić information content (AvgIpc) is 2.66. The first kappa shape index (κ1) is 12.0. The number of hydrogen-bond acceptors (Lipinski definition) is 4. The van der Waals surface area contributed by atoms with Gasteiger partial charge in [-0.25, -0.2) is 4.98 Å². The molecule has 1 aliphatic rings. The second-order valence-corrected chi connectivity index (χ2v) is 5.76. The van der Waals surface area contributed by atoms with E-state index < -0.39 is 0 Å². The van der Waals surface area contributed by atoms with Crippen molar-refractivity contribution in [1.82, 2.24) is 4.98 Å². The minimum Gasteiger partial charge on any atom is -0.393 e. The van der Waals surface area contributed by atoms with Crippen LogP contribution in [-0.2, 0) is 17.6 Å². The lowest BCUT2D eigenvalue weighted by molar-refractivity contribution is 0.0550. The van der Waals surface area contributed by atoms with E-state index in [1.54, 1.807) is 11.3 Å². The van der Waals surface area contributed by atoms with Crippen molar-refractivity contribution in [2.45, 2.75) is 38.7 Å². The molecule has 1 saturated heterocycles. The number of aromatic nitrogens is 1. The molecule has 0 aromatic carbocycles. The molecule has 1 N–H and O–H groups in total. The third kappa shape index (κ3) is 3.54. The summed E-state index contributed by atoms with van der Waals surface area (Å²) in [5, 5.41) is 10.5. The number of aliphatic hydroxyl groups is 1. The normalized spacial score (nSPS) is 23.2. The number of ether oxygens (including phenoxy) is 1. The first-order valence-electron chi connectivity index (χ1n) is 5.93. The maximum atomic E-state index is 9.30. The molecule has 2 heterocycles. The Balaban J connectivity index is 1.86. The van der Waals surface area contributed by atoms with Gasteiger partial charge in [-0.15, -0.1) is 11.3 Å². The summed E-state index contributed by atoms with van der Waals surface area (Å²) in [7, 11) is 0. The largest absolute Gasteiger partial charge is 0.393 e. The lowest BCUT2D eigenvalue weighted by Gasteiger charge is -2.20. The van der Waals surface area contributed by atoms with Gasteiger partial charge in [0.25, 0.3) is 0 Å². The van der Waals surface area contributed by atoms with Crippen molar-refractivity contribution in [2.75, 3.05) is 13.2 Å². The Kier molecular flexibility index (Phi) is 4.32. The molecular weight excluding hydrogens is 222 g/mol. The van der Waals surface area contributed by atoms with Gasteiger partial charge in [0.2, 0.25) is 0 Å². The number of nitrogens with zero attached hydrogens (tertiary/aromatic N) is 1. The minimum absolute atomic E-state index is 0.272. The molecule has 0 radical (unpaired) electrons. The molecule has 1 aromatic rings. The second kappa shape index (κ2) is 5.75. The van der Waals surface area contributed by atoms with Crippen molar-refractivity contribution in [2.24, 2.45) is 5.92 Å². The standard InChI is InChI=1S/C12H19NO2S/c1-9(14)5-11-7-13-12(16-11)6-10-3-2-4-15-8-10/h7,9-10,14H,2-6,8H2,1H3. The molecule has 0 saturated carbocycles. The van der Waals surface area contributed by atoms with Crippen molar-refractivity contribution in [1.29, 1.82) is 0 Å². The van der Waals surface area contributed by atoms with Crippen LogP contribution in [0.4, 0.5) is 0 Å². The van der Waals surface area contributed by atoms with Crippen molar-refractivity contribution in [3.8, 4) is 0 Å². The van der Waals surface area contributed by atoms with Crippen LogP contribution in [0.3, 0.4) is 0 Å². The van der Waals surface area contributed by atoms with Crippen LogP contribution < -0.4 is 0 Å². The summed E-state index contributed by atoms with van der Waals surface area (Å²) in [6, 6.07) is 0. The van der Waals surface area contributed by atoms with E-state index in [0.717, 1.165) is 26.1 Å². The van der Waals surface area contributed by atoms with Crippen LogP contribution in [0.5, 0.6) is 0 Å². The van der Waals surface area contributed by atoms with E-state index in [2.05, 4.69) is 4.98 Å². The molecule has 16 heavy (non-hydrogen) atoms. The van der Waals surface area contributed by atoms with Gasteiger partial charge in [0.05, 0.1) is 11.1 Å². The third-order valence-electron chi connectivity index (χ3n) is 2.82. The highest BCUT2D eigenvalue weighted by Crippen LogP contribution is 2.22. The van der Waals surface area contributed by atoms with Gasteiger partial charge in [-0.3, -0.25) is 0 Å². The predicted molar refractivity (Wildman–Crippen MR) is 64.7 cm³/mol. The topological polar surface area (TPSA) is 42.4 Å². The summed E-state index contributed by atoms with van der Waals surface area (Å²) in [6.45, 7) is 3.61. The number of hydrogen-bond donors (Lipinski definition) is 1. The quantitative estimate of drug-likeness (QED) is 0.877. The molecule has 90 valence electrons. The summed E-state index contributed by atoms with van der Waals surface area (Å²) in [5.74, 6) is 0.638. The second-order valence-electron chi connectivity index (χ2n) is 4.56. The minimum atomic E-state index is -0.272. The fraction of sp³-hybridized carbons (Fsp3) is 0.750. The number of rotatable bonds is 4. The summed E-state index contributed by atoms with van der Waals surface area (Å²) >= 11 is 1.73. The van der Waals surface area contributed by atoms with Gasteiger partial charge in [0.1, 0.15) is 0 Å². The highest BCUT2D eigenvalue weighted by molar-refractivity contribution is 7.11. The van der Waals surface area contributed by atoms with Gasteiger partial charge in [-0.1, -0.05) is 0 Å². The van der Waals surface area contributed by atoms with E-state index in [4.69, 9.17) is 4.74 Å². The molecule has 3 nitrogen and oxygen atoms in total. The molecule has 0 aliphatic carbocycles. The molecule has 0 amide bonds. The smallest absolute Gasteiger partial charge is 0.0931 e. The zero-order chi connectivity index (χ0) is 11.4. The van der Waals surface area contributed by atoms with Crippen molar-refractivity contribution in [3.05, 3.63) is 16.1 Å².